The van der Waals surface area contributed by atoms with Crippen LogP contribution in [0.1, 0.15) is 155 Å². The number of nitrogens with zero attached hydrogens (tertiary/aromatic N) is 1. The van der Waals surface area contributed by atoms with Gasteiger partial charge in [0, 0.05) is 72.1 Å². The first kappa shape index (κ1) is 60.5. The molecule has 0 saturated carbocycles. The summed E-state index contributed by atoms with van der Waals surface area (Å²) in [5.41, 5.74) is 17.0. The van der Waals surface area contributed by atoms with Crippen LogP contribution in [0.4, 0.5) is 0 Å². The number of amides is 4. The molecule has 17 nitrogen and oxygen atoms in total. The van der Waals surface area contributed by atoms with Gasteiger partial charge in [-0.05, 0) is 57.8 Å². The summed E-state index contributed by atoms with van der Waals surface area (Å²) < 4.78 is 0. The normalized spacial score (nSPS) is 12.3. The Kier molecular flexibility index (Phi) is 39.1. The number of unbranched alkanes of at least 4 members (excludes halogenated alkanes) is 13. The molecule has 0 aliphatic rings. The number of nitrogens with two attached hydrogens (primary N) is 2. The van der Waals surface area contributed by atoms with Crippen LogP contribution in [-0.4, -0.2) is 121 Å². The topological polar surface area (TPSA) is 292 Å². The van der Waals surface area contributed by atoms with E-state index in [9.17, 15) is 43.5 Å². The molecule has 4 amide bonds. The van der Waals surface area contributed by atoms with Crippen LogP contribution < -0.4 is 27.4 Å². The second-order valence-corrected chi connectivity index (χ2v) is 15.3. The van der Waals surface area contributed by atoms with Gasteiger partial charge in [-0.15, -0.1) is 0 Å². The smallest absolute Gasteiger partial charge is 0.326 e. The molecule has 0 aliphatic carbocycles. The van der Waals surface area contributed by atoms with Crippen molar-refractivity contribution >= 4 is 55.4 Å². The Labute approximate surface area is 378 Å². The largest absolute Gasteiger partial charge is 0.667 e. The van der Waals surface area contributed by atoms with Crippen LogP contribution in [0.25, 0.3) is 5.73 Å². The van der Waals surface area contributed by atoms with Crippen LogP contribution in [0.15, 0.2) is 0 Å². The SMILES string of the molecule is CN(C[C-]=O)C(=O)[C@H](N)CCCCNC(=O)C(N)CCCCNC(=O)CCC(NC(=O)CCCCCCCCCCCCCCC(=O)O)C(=O)O.[B]C(=O)C(C)(C)[NH-].[Y]. The number of carboxylic acid groups (broad SMARTS) is 2. The Morgan fingerprint density at radius 2 is 1.12 bits per heavy atom. The van der Waals surface area contributed by atoms with Gasteiger partial charge < -0.3 is 57.9 Å². The molecule has 2 unspecified atom stereocenters. The maximum atomic E-state index is 12.3. The molecule has 0 fully saturated rings. The van der Waals surface area contributed by atoms with Gasteiger partial charge in [0.1, 0.15) is 6.04 Å². The van der Waals surface area contributed by atoms with Gasteiger partial charge >= 0.3 is 11.9 Å². The Hall–Kier alpha value is -2.79. The molecule has 0 rings (SSSR count). The van der Waals surface area contributed by atoms with E-state index in [1.165, 1.54) is 45.1 Å². The quantitative estimate of drug-likeness (QED) is 0.0274. The summed E-state index contributed by atoms with van der Waals surface area (Å²) in [4.78, 5) is 92.5. The van der Waals surface area contributed by atoms with E-state index in [2.05, 4.69) is 16.0 Å². The van der Waals surface area contributed by atoms with Crippen LogP contribution in [0.2, 0.25) is 0 Å². The fourth-order valence-corrected chi connectivity index (χ4v) is 5.48. The number of likely N-dealkylation sites (N-methyl/N-ethyl adjacent to an activating group) is 1. The van der Waals surface area contributed by atoms with Crippen molar-refractivity contribution in [3.05, 3.63) is 5.73 Å². The molecule has 0 aromatic rings. The van der Waals surface area contributed by atoms with Crippen LogP contribution in [0.3, 0.4) is 0 Å². The molecular weight excluding hydrogens is 838 g/mol. The number of rotatable bonds is 35. The Morgan fingerprint density at radius 1 is 0.678 bits per heavy atom. The van der Waals surface area contributed by atoms with Crippen molar-refractivity contribution in [1.82, 2.24) is 20.9 Å². The zero-order valence-corrected chi connectivity index (χ0v) is 38.7. The van der Waals surface area contributed by atoms with E-state index in [1.807, 2.05) is 0 Å². The van der Waals surface area contributed by atoms with Crippen molar-refractivity contribution in [1.29, 1.82) is 0 Å². The number of hydrogen-bond donors (Lipinski definition) is 7. The van der Waals surface area contributed by atoms with Crippen molar-refractivity contribution in [2.75, 3.05) is 26.7 Å². The number of nitrogens with one attached hydrogen (secondary N) is 4. The second-order valence-electron chi connectivity index (χ2n) is 15.3. The van der Waals surface area contributed by atoms with E-state index in [0.717, 1.165) is 51.4 Å². The average molecular weight is 911 g/mol. The zero-order chi connectivity index (χ0) is 44.4. The van der Waals surface area contributed by atoms with Gasteiger partial charge in [0.25, 0.3) is 0 Å². The van der Waals surface area contributed by atoms with Crippen LogP contribution in [0, 0.1) is 0 Å². The minimum absolute atomic E-state index is 0. The van der Waals surface area contributed by atoms with E-state index in [4.69, 9.17) is 30.2 Å². The van der Waals surface area contributed by atoms with Crippen molar-refractivity contribution in [3.8, 4) is 0 Å². The predicted octanol–water partition coefficient (Wildman–Crippen LogP) is 3.19. The third-order valence-electron chi connectivity index (χ3n) is 9.29. The van der Waals surface area contributed by atoms with Crippen molar-refractivity contribution < 1.29 is 81.3 Å². The van der Waals surface area contributed by atoms with Crippen molar-refractivity contribution in [2.45, 2.75) is 179 Å². The van der Waals surface area contributed by atoms with Gasteiger partial charge in [-0.2, -0.15) is 0 Å². The summed E-state index contributed by atoms with van der Waals surface area (Å²) in [6.07, 6.45) is 17.7. The summed E-state index contributed by atoms with van der Waals surface area (Å²) >= 11 is 0. The first-order valence-corrected chi connectivity index (χ1v) is 20.8. The maximum absolute atomic E-state index is 12.3. The molecule has 3 atom stereocenters. The van der Waals surface area contributed by atoms with Gasteiger partial charge in [0.2, 0.25) is 23.6 Å². The second kappa shape index (κ2) is 38.2. The summed E-state index contributed by atoms with van der Waals surface area (Å²) in [7, 11) is 6.23. The van der Waals surface area contributed by atoms with Gasteiger partial charge in [-0.3, -0.25) is 24.0 Å². The van der Waals surface area contributed by atoms with Gasteiger partial charge in [0.15, 0.2) is 7.85 Å². The molecule has 0 aromatic carbocycles. The molecule has 10 N–H and O–H groups in total. The standard InChI is InChI=1S/C36H65N6O9.C4H7BNO.Y/c1-42(26-27-43)35(49)29(38)19-15-17-25-40-34(48)28(37)18-14-16-24-39-31(44)23-22-30(36(50)51)41-32(45)20-12-10-8-6-4-2-3-5-7-9-11-13-21-33(46)47;1-4(2,6)3(5)7;/h28-30H,2-26,37-38H2,1H3,(H,39,44)(H,40,48)(H,41,45)(H,46,47)(H,50,51);6H,1-2H3;/q2*-1;/t28?,29-,30?;;/m1../s1. The van der Waals surface area contributed by atoms with Crippen molar-refractivity contribution in [3.63, 3.8) is 0 Å². The molecule has 0 aliphatic heterocycles. The third kappa shape index (κ3) is 37.9. The molecule has 59 heavy (non-hydrogen) atoms. The number of aliphatic carboxylic acids is 2. The minimum Gasteiger partial charge on any atom is -0.667 e. The Balaban J connectivity index is -0.00000356. The van der Waals surface area contributed by atoms with Crippen molar-refractivity contribution in [2.24, 2.45) is 11.5 Å². The molecule has 0 bridgehead atoms. The Morgan fingerprint density at radius 3 is 1.56 bits per heavy atom. The maximum Gasteiger partial charge on any atom is 0.326 e. The molecule has 0 saturated heterocycles. The Bertz CT molecular complexity index is 1230. The number of carbonyl (C=O) groups is 7. The van der Waals surface area contributed by atoms with Crippen LogP contribution >= 0.6 is 0 Å². The summed E-state index contributed by atoms with van der Waals surface area (Å²) in [6.45, 7) is 3.52. The van der Waals surface area contributed by atoms with Crippen LogP contribution in [0.5, 0.6) is 0 Å². The summed E-state index contributed by atoms with van der Waals surface area (Å²) in [5.74, 6) is -3.18. The van der Waals surface area contributed by atoms with E-state index in [1.54, 1.807) is 6.29 Å². The molecule has 0 heterocycles. The molecular formula is C40H72BN7O10Y-2. The fourth-order valence-electron chi connectivity index (χ4n) is 5.48. The first-order chi connectivity index (χ1) is 27.3. The molecule has 3 radical (unpaired) electrons. The molecule has 0 aromatic heterocycles. The number of carbonyl (C=O) groups excluding carboxylic acids is 6. The monoisotopic (exact) mass is 910 g/mol. The third-order valence-corrected chi connectivity index (χ3v) is 9.29. The fraction of sp³-hybridized carbons (Fsp3) is 0.800. The van der Waals surface area contributed by atoms with Gasteiger partial charge in [0.05, 0.1) is 17.8 Å². The zero-order valence-electron chi connectivity index (χ0n) is 35.8. The molecule has 335 valence electrons. The average Bonchev–Trinajstić information content (AvgIpc) is 3.15. The molecule has 0 spiro atoms. The summed E-state index contributed by atoms with van der Waals surface area (Å²) in [5, 5.41) is 26.2. The summed E-state index contributed by atoms with van der Waals surface area (Å²) in [6, 6.07) is -2.55. The van der Waals surface area contributed by atoms with E-state index >= 15 is 0 Å². The van der Waals surface area contributed by atoms with E-state index in [-0.39, 0.29) is 88.6 Å². The first-order valence-electron chi connectivity index (χ1n) is 20.8. The van der Waals surface area contributed by atoms with E-state index < -0.39 is 41.3 Å². The number of hydrogen-bond acceptors (Lipinski definition) is 10. The van der Waals surface area contributed by atoms with Gasteiger partial charge in [-0.1, -0.05) is 90.1 Å². The number of carboxylic acids is 2. The predicted molar refractivity (Wildman–Crippen MR) is 223 cm³/mol. The van der Waals surface area contributed by atoms with Crippen LogP contribution in [-0.2, 0) is 71.1 Å². The van der Waals surface area contributed by atoms with Gasteiger partial charge in [-0.25, -0.2) is 11.1 Å². The minimum atomic E-state index is -1.18. The van der Waals surface area contributed by atoms with E-state index in [0.29, 0.717) is 58.0 Å². The molecule has 19 heteroatoms.